The van der Waals surface area contributed by atoms with Crippen molar-refractivity contribution < 1.29 is 4.79 Å². The van der Waals surface area contributed by atoms with Crippen molar-refractivity contribution in [1.82, 2.24) is 4.98 Å². The third-order valence-corrected chi connectivity index (χ3v) is 2.90. The van der Waals surface area contributed by atoms with Crippen LogP contribution in [0, 0.1) is 6.92 Å². The highest BCUT2D eigenvalue weighted by molar-refractivity contribution is 9.10. The van der Waals surface area contributed by atoms with Gasteiger partial charge in [0, 0.05) is 28.0 Å². The first-order chi connectivity index (χ1) is 7.70. The first-order valence-electron chi connectivity index (χ1n) is 4.87. The van der Waals surface area contributed by atoms with Crippen LogP contribution in [0.2, 0.25) is 0 Å². The summed E-state index contributed by atoms with van der Waals surface area (Å²) in [5.74, 6) is 0. The highest BCUT2D eigenvalue weighted by atomic mass is 79.9. The summed E-state index contributed by atoms with van der Waals surface area (Å²) in [7, 11) is 0. The zero-order valence-corrected chi connectivity index (χ0v) is 10.4. The number of rotatable bonds is 2. The van der Waals surface area contributed by atoms with Gasteiger partial charge in [0.2, 0.25) is 0 Å². The molecule has 1 aromatic carbocycles. The van der Waals surface area contributed by atoms with Crippen LogP contribution in [-0.4, -0.2) is 11.3 Å². The van der Waals surface area contributed by atoms with Gasteiger partial charge in [-0.25, -0.2) is 0 Å². The highest BCUT2D eigenvalue weighted by Gasteiger charge is 2.04. The number of aryl methyl sites for hydroxylation is 1. The van der Waals surface area contributed by atoms with Crippen LogP contribution in [0.4, 0.5) is 0 Å². The minimum atomic E-state index is 0.594. The lowest BCUT2D eigenvalue weighted by Gasteiger charge is -2.06. The molecule has 2 nitrogen and oxygen atoms in total. The number of aldehydes is 1. The van der Waals surface area contributed by atoms with Crippen molar-refractivity contribution in [2.75, 3.05) is 0 Å². The Hall–Kier alpha value is -1.48. The molecule has 0 radical (unpaired) electrons. The molecular weight excluding hydrogens is 266 g/mol. The molecule has 0 bridgehead atoms. The van der Waals surface area contributed by atoms with Crippen LogP contribution in [-0.2, 0) is 0 Å². The first kappa shape index (κ1) is 11.0. The van der Waals surface area contributed by atoms with E-state index >= 15 is 0 Å². The summed E-state index contributed by atoms with van der Waals surface area (Å²) in [6.45, 7) is 2.04. The topological polar surface area (TPSA) is 30.0 Å². The molecule has 80 valence electrons. The molecule has 0 N–H and O–H groups in total. The van der Waals surface area contributed by atoms with E-state index in [0.717, 1.165) is 27.4 Å². The van der Waals surface area contributed by atoms with E-state index in [1.54, 1.807) is 12.4 Å². The summed E-state index contributed by atoms with van der Waals surface area (Å²) >= 11 is 3.44. The van der Waals surface area contributed by atoms with Crippen LogP contribution < -0.4 is 0 Å². The normalized spacial score (nSPS) is 10.1. The minimum absolute atomic E-state index is 0.594. The Balaban J connectivity index is 2.57. The van der Waals surface area contributed by atoms with Crippen molar-refractivity contribution in [3.8, 4) is 11.1 Å². The number of carbonyl (C=O) groups is 1. The smallest absolute Gasteiger partial charge is 0.151 e. The zero-order chi connectivity index (χ0) is 11.5. The summed E-state index contributed by atoms with van der Waals surface area (Å²) in [5.41, 5.74) is 3.80. The van der Waals surface area contributed by atoms with Crippen molar-refractivity contribution in [2.24, 2.45) is 0 Å². The molecule has 0 saturated heterocycles. The predicted octanol–water partition coefficient (Wildman–Crippen LogP) is 3.63. The van der Waals surface area contributed by atoms with E-state index < -0.39 is 0 Å². The van der Waals surface area contributed by atoms with Gasteiger partial charge in [0.25, 0.3) is 0 Å². The van der Waals surface area contributed by atoms with Gasteiger partial charge in [-0.05, 0) is 36.2 Å². The molecule has 0 fully saturated rings. The van der Waals surface area contributed by atoms with E-state index in [1.807, 2.05) is 31.2 Å². The Morgan fingerprint density at radius 3 is 2.81 bits per heavy atom. The summed E-state index contributed by atoms with van der Waals surface area (Å²) in [6.07, 6.45) is 4.13. The van der Waals surface area contributed by atoms with Crippen molar-refractivity contribution in [2.45, 2.75) is 6.92 Å². The SMILES string of the molecule is Cc1ccc(Br)cc1-c1cncc(C=O)c1. The van der Waals surface area contributed by atoms with Gasteiger partial charge in [-0.3, -0.25) is 9.78 Å². The molecular formula is C13H10BrNO. The van der Waals surface area contributed by atoms with E-state index in [4.69, 9.17) is 0 Å². The Morgan fingerprint density at radius 1 is 1.25 bits per heavy atom. The molecule has 0 aliphatic heterocycles. The number of hydrogen-bond acceptors (Lipinski definition) is 2. The van der Waals surface area contributed by atoms with Crippen molar-refractivity contribution >= 4 is 22.2 Å². The Bertz CT molecular complexity index is 537. The molecule has 0 aliphatic carbocycles. The summed E-state index contributed by atoms with van der Waals surface area (Å²) < 4.78 is 1.02. The number of halogens is 1. The number of nitrogens with zero attached hydrogens (tertiary/aromatic N) is 1. The van der Waals surface area contributed by atoms with Gasteiger partial charge in [0.05, 0.1) is 0 Å². The highest BCUT2D eigenvalue weighted by Crippen LogP contribution is 2.26. The van der Waals surface area contributed by atoms with E-state index in [2.05, 4.69) is 20.9 Å². The molecule has 1 aromatic heterocycles. The van der Waals surface area contributed by atoms with E-state index in [0.29, 0.717) is 5.56 Å². The number of benzene rings is 1. The van der Waals surface area contributed by atoms with Crippen LogP contribution in [0.15, 0.2) is 41.1 Å². The van der Waals surface area contributed by atoms with Gasteiger partial charge in [0.15, 0.2) is 6.29 Å². The molecule has 16 heavy (non-hydrogen) atoms. The molecule has 0 spiro atoms. The maximum Gasteiger partial charge on any atom is 0.151 e. The number of pyridine rings is 1. The molecule has 0 amide bonds. The van der Waals surface area contributed by atoms with Gasteiger partial charge in [-0.1, -0.05) is 22.0 Å². The summed E-state index contributed by atoms with van der Waals surface area (Å²) in [4.78, 5) is 14.7. The second-order valence-corrected chi connectivity index (χ2v) is 4.50. The Kier molecular flexibility index (Phi) is 3.15. The number of hydrogen-bond donors (Lipinski definition) is 0. The van der Waals surface area contributed by atoms with Crippen LogP contribution >= 0.6 is 15.9 Å². The van der Waals surface area contributed by atoms with Crippen molar-refractivity contribution in [3.63, 3.8) is 0 Å². The van der Waals surface area contributed by atoms with Gasteiger partial charge >= 0.3 is 0 Å². The lowest BCUT2D eigenvalue weighted by molar-refractivity contribution is 0.112. The second kappa shape index (κ2) is 4.58. The van der Waals surface area contributed by atoms with Crippen molar-refractivity contribution in [3.05, 3.63) is 52.3 Å². The predicted molar refractivity (Wildman–Crippen MR) is 67.5 cm³/mol. The van der Waals surface area contributed by atoms with Crippen LogP contribution in [0.1, 0.15) is 15.9 Å². The molecule has 2 aromatic rings. The van der Waals surface area contributed by atoms with E-state index in [1.165, 1.54) is 0 Å². The molecule has 0 unspecified atom stereocenters. The Labute approximate surface area is 102 Å². The number of aromatic nitrogens is 1. The van der Waals surface area contributed by atoms with Gasteiger partial charge in [0.1, 0.15) is 0 Å². The zero-order valence-electron chi connectivity index (χ0n) is 8.77. The van der Waals surface area contributed by atoms with Crippen molar-refractivity contribution in [1.29, 1.82) is 0 Å². The average Bonchev–Trinajstić information content (AvgIpc) is 2.32. The lowest BCUT2D eigenvalue weighted by atomic mass is 10.0. The largest absolute Gasteiger partial charge is 0.298 e. The quantitative estimate of drug-likeness (QED) is 0.784. The van der Waals surface area contributed by atoms with Crippen LogP contribution in [0.5, 0.6) is 0 Å². The summed E-state index contributed by atoms with van der Waals surface area (Å²) in [5, 5.41) is 0. The molecule has 3 heteroatoms. The fourth-order valence-corrected chi connectivity index (χ4v) is 1.94. The first-order valence-corrected chi connectivity index (χ1v) is 5.67. The molecule has 0 atom stereocenters. The molecule has 2 rings (SSSR count). The van der Waals surface area contributed by atoms with E-state index in [-0.39, 0.29) is 0 Å². The monoisotopic (exact) mass is 275 g/mol. The maximum atomic E-state index is 10.7. The minimum Gasteiger partial charge on any atom is -0.298 e. The van der Waals surface area contributed by atoms with Gasteiger partial charge < -0.3 is 0 Å². The third-order valence-electron chi connectivity index (χ3n) is 2.41. The fraction of sp³-hybridized carbons (Fsp3) is 0.0769. The average molecular weight is 276 g/mol. The van der Waals surface area contributed by atoms with Gasteiger partial charge in [-0.15, -0.1) is 0 Å². The van der Waals surface area contributed by atoms with Crippen LogP contribution in [0.25, 0.3) is 11.1 Å². The summed E-state index contributed by atoms with van der Waals surface area (Å²) in [6, 6.07) is 7.90. The Morgan fingerprint density at radius 2 is 2.06 bits per heavy atom. The number of carbonyl (C=O) groups excluding carboxylic acids is 1. The van der Waals surface area contributed by atoms with Crippen LogP contribution in [0.3, 0.4) is 0 Å². The van der Waals surface area contributed by atoms with E-state index in [9.17, 15) is 4.79 Å². The molecule has 0 aliphatic rings. The standard InChI is InChI=1S/C13H10BrNO/c1-9-2-3-12(14)5-13(9)11-4-10(8-16)6-15-7-11/h2-8H,1H3. The molecule has 1 heterocycles. The second-order valence-electron chi connectivity index (χ2n) is 3.58. The third kappa shape index (κ3) is 2.19. The van der Waals surface area contributed by atoms with Gasteiger partial charge in [-0.2, -0.15) is 0 Å². The lowest BCUT2D eigenvalue weighted by Crippen LogP contribution is -1.88. The maximum absolute atomic E-state index is 10.7. The molecule has 0 saturated carbocycles. The fourth-order valence-electron chi connectivity index (χ4n) is 1.57.